The van der Waals surface area contributed by atoms with Gasteiger partial charge >= 0.3 is 0 Å². The Kier molecular flexibility index (Phi) is 5.44. The van der Waals surface area contributed by atoms with E-state index < -0.39 is 9.84 Å². The third kappa shape index (κ3) is 5.19. The van der Waals surface area contributed by atoms with Crippen molar-refractivity contribution in [1.82, 2.24) is 0 Å². The van der Waals surface area contributed by atoms with E-state index in [4.69, 9.17) is 4.74 Å². The molecule has 1 aromatic carbocycles. The summed E-state index contributed by atoms with van der Waals surface area (Å²) in [7, 11) is -3.10. The lowest BCUT2D eigenvalue weighted by Gasteiger charge is -2.07. The maximum Gasteiger partial charge on any atom is 0.175 e. The van der Waals surface area contributed by atoms with Crippen molar-refractivity contribution in [2.45, 2.75) is 18.2 Å². The molecule has 0 spiro atoms. The lowest BCUT2D eigenvalue weighted by molar-refractivity contribution is 0.144. The van der Waals surface area contributed by atoms with Crippen molar-refractivity contribution in [1.29, 1.82) is 0 Å². The highest BCUT2D eigenvalue weighted by Gasteiger charge is 2.05. The van der Waals surface area contributed by atoms with Crippen LogP contribution in [0, 0.1) is 0 Å². The van der Waals surface area contributed by atoms with Crippen molar-refractivity contribution >= 4 is 15.5 Å². The van der Waals surface area contributed by atoms with E-state index in [1.807, 2.05) is 0 Å². The number of ether oxygens (including phenoxy) is 1. The van der Waals surface area contributed by atoms with E-state index in [2.05, 4.69) is 12.2 Å². The van der Waals surface area contributed by atoms with Crippen LogP contribution >= 0.6 is 0 Å². The molecule has 0 aliphatic heterocycles. The molecule has 0 radical (unpaired) electrons. The van der Waals surface area contributed by atoms with E-state index in [0.717, 1.165) is 25.3 Å². The molecule has 0 bridgehead atoms. The second-order valence-electron chi connectivity index (χ2n) is 3.84. The molecule has 0 saturated carbocycles. The summed E-state index contributed by atoms with van der Waals surface area (Å²) in [6.07, 6.45) is 2.22. The van der Waals surface area contributed by atoms with Gasteiger partial charge in [-0.3, -0.25) is 0 Å². The molecule has 0 fully saturated rings. The number of nitrogens with one attached hydrogen (secondary N) is 1. The van der Waals surface area contributed by atoms with Crippen LogP contribution in [0.2, 0.25) is 0 Å². The van der Waals surface area contributed by atoms with Crippen molar-refractivity contribution < 1.29 is 13.2 Å². The number of hydrogen-bond acceptors (Lipinski definition) is 4. The average molecular weight is 257 g/mol. The molecule has 96 valence electrons. The van der Waals surface area contributed by atoms with Crippen molar-refractivity contribution in [2.75, 3.05) is 31.3 Å². The molecule has 0 unspecified atom stereocenters. The van der Waals surface area contributed by atoms with Gasteiger partial charge in [0, 0.05) is 25.1 Å². The zero-order valence-electron chi connectivity index (χ0n) is 10.3. The Labute approximate surface area is 103 Å². The predicted octanol–water partition coefficient (Wildman–Crippen LogP) is 1.93. The van der Waals surface area contributed by atoms with Gasteiger partial charge in [0.25, 0.3) is 0 Å². The van der Waals surface area contributed by atoms with Crippen LogP contribution < -0.4 is 5.32 Å². The minimum atomic E-state index is -3.10. The first-order valence-corrected chi connectivity index (χ1v) is 7.55. The quantitative estimate of drug-likeness (QED) is 0.758. The van der Waals surface area contributed by atoms with E-state index in [-0.39, 0.29) is 0 Å². The summed E-state index contributed by atoms with van der Waals surface area (Å²) in [6, 6.07) is 6.72. The first-order valence-electron chi connectivity index (χ1n) is 5.66. The summed E-state index contributed by atoms with van der Waals surface area (Å²) < 4.78 is 27.8. The Morgan fingerprint density at radius 2 is 1.82 bits per heavy atom. The van der Waals surface area contributed by atoms with E-state index in [0.29, 0.717) is 11.5 Å². The monoisotopic (exact) mass is 257 g/mol. The lowest BCUT2D eigenvalue weighted by atomic mass is 10.3. The smallest absolute Gasteiger partial charge is 0.175 e. The van der Waals surface area contributed by atoms with Crippen molar-refractivity contribution in [3.05, 3.63) is 24.3 Å². The molecule has 4 nitrogen and oxygen atoms in total. The second kappa shape index (κ2) is 6.61. The van der Waals surface area contributed by atoms with Gasteiger partial charge in [-0.05, 0) is 30.7 Å². The largest absolute Gasteiger partial charge is 0.383 e. The standard InChI is InChI=1S/C12H19NO3S/c1-3-9-16-10-8-13-11-4-6-12(7-5-11)17(2,14)15/h4-7,13H,3,8-10H2,1-2H3. The molecule has 5 heteroatoms. The summed E-state index contributed by atoms with van der Waals surface area (Å²) in [5, 5.41) is 3.16. The number of sulfone groups is 1. The van der Waals surface area contributed by atoms with E-state index in [1.165, 1.54) is 6.26 Å². The topological polar surface area (TPSA) is 55.4 Å². The molecule has 1 rings (SSSR count). The van der Waals surface area contributed by atoms with Crippen molar-refractivity contribution in [2.24, 2.45) is 0 Å². The van der Waals surface area contributed by atoms with Gasteiger partial charge in [-0.15, -0.1) is 0 Å². The van der Waals surface area contributed by atoms with Crippen LogP contribution in [0.5, 0.6) is 0 Å². The Morgan fingerprint density at radius 1 is 1.18 bits per heavy atom. The van der Waals surface area contributed by atoms with Crippen molar-refractivity contribution in [3.63, 3.8) is 0 Å². The van der Waals surface area contributed by atoms with Gasteiger partial charge in [0.15, 0.2) is 9.84 Å². The van der Waals surface area contributed by atoms with Crippen LogP contribution in [-0.4, -0.2) is 34.4 Å². The van der Waals surface area contributed by atoms with Gasteiger partial charge in [0.05, 0.1) is 11.5 Å². The highest BCUT2D eigenvalue weighted by molar-refractivity contribution is 7.90. The third-order valence-corrected chi connectivity index (χ3v) is 3.33. The van der Waals surface area contributed by atoms with Crippen LogP contribution in [0.3, 0.4) is 0 Å². The van der Waals surface area contributed by atoms with Crippen molar-refractivity contribution in [3.8, 4) is 0 Å². The van der Waals surface area contributed by atoms with Crippen LogP contribution in [-0.2, 0) is 14.6 Å². The zero-order chi connectivity index (χ0) is 12.7. The SMILES string of the molecule is CCCOCCNc1ccc(S(C)(=O)=O)cc1. The number of hydrogen-bond donors (Lipinski definition) is 1. The van der Waals surface area contributed by atoms with Gasteiger partial charge < -0.3 is 10.1 Å². The number of benzene rings is 1. The number of anilines is 1. The molecule has 0 aromatic heterocycles. The summed E-state index contributed by atoms with van der Waals surface area (Å²) in [4.78, 5) is 0.338. The highest BCUT2D eigenvalue weighted by Crippen LogP contribution is 2.13. The normalized spacial score (nSPS) is 11.4. The molecule has 17 heavy (non-hydrogen) atoms. The van der Waals surface area contributed by atoms with Gasteiger partial charge in [-0.2, -0.15) is 0 Å². The molecule has 0 saturated heterocycles. The van der Waals surface area contributed by atoms with E-state index >= 15 is 0 Å². The van der Waals surface area contributed by atoms with Crippen LogP contribution in [0.1, 0.15) is 13.3 Å². The number of rotatable bonds is 7. The zero-order valence-corrected chi connectivity index (χ0v) is 11.1. The summed E-state index contributed by atoms with van der Waals surface area (Å²) >= 11 is 0. The maximum absolute atomic E-state index is 11.2. The molecule has 0 heterocycles. The van der Waals surface area contributed by atoms with Gasteiger partial charge in [-0.25, -0.2) is 8.42 Å². The van der Waals surface area contributed by atoms with E-state index in [9.17, 15) is 8.42 Å². The molecule has 1 aromatic rings. The molecular formula is C12H19NO3S. The first-order chi connectivity index (χ1) is 8.04. The summed E-state index contributed by atoms with van der Waals surface area (Å²) in [5.41, 5.74) is 0.900. The van der Waals surface area contributed by atoms with Crippen LogP contribution in [0.4, 0.5) is 5.69 Å². The molecule has 0 amide bonds. The van der Waals surface area contributed by atoms with E-state index in [1.54, 1.807) is 24.3 Å². The fourth-order valence-electron chi connectivity index (χ4n) is 1.33. The van der Waals surface area contributed by atoms with Crippen LogP contribution in [0.15, 0.2) is 29.2 Å². The molecule has 0 atom stereocenters. The summed E-state index contributed by atoms with van der Waals surface area (Å²) in [5.74, 6) is 0. The first kappa shape index (κ1) is 14.0. The molecule has 1 N–H and O–H groups in total. The third-order valence-electron chi connectivity index (χ3n) is 2.21. The molecular weight excluding hydrogens is 238 g/mol. The maximum atomic E-state index is 11.2. The van der Waals surface area contributed by atoms with Crippen LogP contribution in [0.25, 0.3) is 0 Å². The molecule has 0 aliphatic rings. The van der Waals surface area contributed by atoms with Gasteiger partial charge in [-0.1, -0.05) is 6.92 Å². The minimum Gasteiger partial charge on any atom is -0.383 e. The average Bonchev–Trinajstić information content (AvgIpc) is 2.28. The second-order valence-corrected chi connectivity index (χ2v) is 5.85. The Hall–Kier alpha value is -1.07. The Balaban J connectivity index is 2.41. The Morgan fingerprint density at radius 3 is 2.35 bits per heavy atom. The fourth-order valence-corrected chi connectivity index (χ4v) is 1.96. The molecule has 0 aliphatic carbocycles. The Bertz CT molecular complexity index is 426. The lowest BCUT2D eigenvalue weighted by Crippen LogP contribution is -2.09. The highest BCUT2D eigenvalue weighted by atomic mass is 32.2. The minimum absolute atomic E-state index is 0.338. The predicted molar refractivity (Wildman–Crippen MR) is 69.2 cm³/mol. The van der Waals surface area contributed by atoms with Gasteiger partial charge in [0.1, 0.15) is 0 Å². The summed E-state index contributed by atoms with van der Waals surface area (Å²) in [6.45, 7) is 4.21. The van der Waals surface area contributed by atoms with Gasteiger partial charge in [0.2, 0.25) is 0 Å². The fraction of sp³-hybridized carbons (Fsp3) is 0.500.